The molecule has 0 aromatic heterocycles. The third-order valence-electron chi connectivity index (χ3n) is 5.73. The number of nitrogens with one attached hydrogen (secondary N) is 1. The fourth-order valence-electron chi connectivity index (χ4n) is 3.67. The van der Waals surface area contributed by atoms with E-state index in [0.717, 1.165) is 17.8 Å². The van der Waals surface area contributed by atoms with E-state index in [-0.39, 0.29) is 30.1 Å². The molecule has 2 heterocycles. The van der Waals surface area contributed by atoms with E-state index in [1.807, 2.05) is 50.1 Å². The van der Waals surface area contributed by atoms with Gasteiger partial charge >= 0.3 is 0 Å². The van der Waals surface area contributed by atoms with Gasteiger partial charge in [0, 0.05) is 31.9 Å². The molecule has 1 aromatic carbocycles. The minimum absolute atomic E-state index is 0.00230. The van der Waals surface area contributed by atoms with Crippen LogP contribution in [0.3, 0.4) is 0 Å². The number of thioether (sulfide) groups is 1. The molecule has 1 N–H and O–H groups in total. The highest BCUT2D eigenvalue weighted by Gasteiger charge is 2.41. The van der Waals surface area contributed by atoms with Crippen LogP contribution < -0.4 is 5.32 Å². The van der Waals surface area contributed by atoms with Gasteiger partial charge in [0.15, 0.2) is 5.17 Å². The van der Waals surface area contributed by atoms with Crippen LogP contribution in [-0.4, -0.2) is 72.0 Å². The second-order valence-electron chi connectivity index (χ2n) is 8.78. The average Bonchev–Trinajstić information content (AvgIpc) is 3.13. The molecule has 0 saturated carbocycles. The molecule has 0 spiro atoms. The fourth-order valence-corrected chi connectivity index (χ4v) is 4.64. The molecular formula is C24H32FN5O2S. The van der Waals surface area contributed by atoms with Gasteiger partial charge in [-0.3, -0.25) is 9.59 Å². The van der Waals surface area contributed by atoms with Gasteiger partial charge in [-0.05, 0) is 58.0 Å². The van der Waals surface area contributed by atoms with Crippen molar-refractivity contribution >= 4 is 28.7 Å². The van der Waals surface area contributed by atoms with E-state index in [1.165, 1.54) is 23.9 Å². The molecule has 0 aliphatic carbocycles. The first kappa shape index (κ1) is 25.0. The van der Waals surface area contributed by atoms with Gasteiger partial charge < -0.3 is 20.0 Å². The zero-order chi connectivity index (χ0) is 24.3. The Morgan fingerprint density at radius 3 is 2.48 bits per heavy atom. The summed E-state index contributed by atoms with van der Waals surface area (Å²) in [7, 11) is 5.67. The minimum Gasteiger partial charge on any atom is -0.354 e. The molecule has 1 atom stereocenters. The lowest BCUT2D eigenvalue weighted by molar-refractivity contribution is -0.128. The van der Waals surface area contributed by atoms with Gasteiger partial charge in [0.2, 0.25) is 5.91 Å². The largest absolute Gasteiger partial charge is 0.354 e. The van der Waals surface area contributed by atoms with Crippen molar-refractivity contribution in [3.63, 3.8) is 0 Å². The number of nitrogens with zero attached hydrogens (tertiary/aromatic N) is 4. The Morgan fingerprint density at radius 2 is 1.88 bits per heavy atom. The summed E-state index contributed by atoms with van der Waals surface area (Å²) in [6.07, 6.45) is 0.164. The summed E-state index contributed by atoms with van der Waals surface area (Å²) >= 11 is 1.43. The highest BCUT2D eigenvalue weighted by atomic mass is 32.2. The van der Waals surface area contributed by atoms with Gasteiger partial charge in [-0.1, -0.05) is 23.9 Å². The summed E-state index contributed by atoms with van der Waals surface area (Å²) in [4.78, 5) is 36.5. The SMILES string of the molecule is CC1=C(C(=O)N(C)C(C)C)[C@H](c2ccc(F)cc2)N2C(CC(=O)NCCN(C)C)=CSC2=N1. The molecule has 2 aliphatic heterocycles. The summed E-state index contributed by atoms with van der Waals surface area (Å²) in [6, 6.07) is 5.67. The first-order valence-electron chi connectivity index (χ1n) is 11.0. The number of benzene rings is 1. The molecule has 3 rings (SSSR count). The number of hydrogen-bond donors (Lipinski definition) is 1. The van der Waals surface area contributed by atoms with E-state index in [9.17, 15) is 14.0 Å². The van der Waals surface area contributed by atoms with Crippen molar-refractivity contribution in [3.05, 3.63) is 58.0 Å². The van der Waals surface area contributed by atoms with Gasteiger partial charge in [-0.2, -0.15) is 0 Å². The topological polar surface area (TPSA) is 68.2 Å². The molecular weight excluding hydrogens is 441 g/mol. The minimum atomic E-state index is -0.498. The third-order valence-corrected chi connectivity index (χ3v) is 6.62. The molecule has 2 aliphatic rings. The van der Waals surface area contributed by atoms with Gasteiger partial charge in [0.25, 0.3) is 5.91 Å². The second kappa shape index (κ2) is 10.5. The lowest BCUT2D eigenvalue weighted by Gasteiger charge is -2.38. The lowest BCUT2D eigenvalue weighted by atomic mass is 9.92. The summed E-state index contributed by atoms with van der Waals surface area (Å²) in [5.74, 6) is -0.573. The molecule has 0 bridgehead atoms. The van der Waals surface area contributed by atoms with E-state index in [4.69, 9.17) is 4.99 Å². The fraction of sp³-hybridized carbons (Fsp3) is 0.458. The number of carbonyl (C=O) groups excluding carboxylic acids is 2. The Hall–Kier alpha value is -2.65. The predicted molar refractivity (Wildman–Crippen MR) is 131 cm³/mol. The molecule has 0 radical (unpaired) electrons. The highest BCUT2D eigenvalue weighted by Crippen LogP contribution is 2.45. The van der Waals surface area contributed by atoms with Gasteiger partial charge in [0.05, 0.1) is 23.7 Å². The van der Waals surface area contributed by atoms with Crippen LogP contribution in [0.15, 0.2) is 51.6 Å². The molecule has 9 heteroatoms. The van der Waals surface area contributed by atoms with Crippen LogP contribution in [0.5, 0.6) is 0 Å². The summed E-state index contributed by atoms with van der Waals surface area (Å²) in [5.41, 5.74) is 2.69. The van der Waals surface area contributed by atoms with Crippen molar-refractivity contribution in [1.29, 1.82) is 0 Å². The number of likely N-dealkylation sites (N-methyl/N-ethyl adjacent to an activating group) is 2. The molecule has 0 fully saturated rings. The first-order chi connectivity index (χ1) is 15.6. The number of rotatable bonds is 8. The van der Waals surface area contributed by atoms with E-state index in [0.29, 0.717) is 23.0 Å². The standard InChI is InChI=1S/C24H32FN5O2S/c1-15(2)29(6)23(32)21-16(3)27-24-30(22(21)17-7-9-18(25)10-8-17)19(14-33-24)13-20(31)26-11-12-28(4)5/h7-10,14-15,22H,11-13H2,1-6H3,(H,26,31)/t22-/m0/s1. The van der Waals surface area contributed by atoms with Crippen molar-refractivity contribution in [2.75, 3.05) is 34.2 Å². The van der Waals surface area contributed by atoms with Gasteiger partial charge in [-0.25, -0.2) is 9.38 Å². The third kappa shape index (κ3) is 5.65. The normalized spacial score (nSPS) is 17.8. The van der Waals surface area contributed by atoms with Crippen molar-refractivity contribution < 1.29 is 14.0 Å². The van der Waals surface area contributed by atoms with Crippen molar-refractivity contribution in [2.45, 2.75) is 39.3 Å². The Kier molecular flexibility index (Phi) is 7.97. The van der Waals surface area contributed by atoms with Gasteiger partial charge in [-0.15, -0.1) is 0 Å². The van der Waals surface area contributed by atoms with E-state index >= 15 is 0 Å². The Balaban J connectivity index is 1.96. The number of halogens is 1. The zero-order valence-corrected chi connectivity index (χ0v) is 20.9. The molecule has 0 unspecified atom stereocenters. The number of allylic oxidation sites excluding steroid dienone is 1. The molecule has 178 valence electrons. The van der Waals surface area contributed by atoms with Crippen LogP contribution in [0.4, 0.5) is 4.39 Å². The summed E-state index contributed by atoms with van der Waals surface area (Å²) in [6.45, 7) is 7.03. The highest BCUT2D eigenvalue weighted by molar-refractivity contribution is 8.16. The Morgan fingerprint density at radius 1 is 1.21 bits per heavy atom. The molecule has 7 nitrogen and oxygen atoms in total. The number of aliphatic imine (C=N–C) groups is 1. The monoisotopic (exact) mass is 473 g/mol. The van der Waals surface area contributed by atoms with Crippen LogP contribution in [0.1, 0.15) is 38.8 Å². The molecule has 1 aromatic rings. The lowest BCUT2D eigenvalue weighted by Crippen LogP contribution is -2.42. The van der Waals surface area contributed by atoms with Crippen LogP contribution in [0.2, 0.25) is 0 Å². The molecule has 2 amide bonds. The number of amides is 2. The van der Waals surface area contributed by atoms with Crippen molar-refractivity contribution in [3.8, 4) is 0 Å². The van der Waals surface area contributed by atoms with E-state index < -0.39 is 6.04 Å². The van der Waals surface area contributed by atoms with E-state index in [2.05, 4.69) is 5.32 Å². The van der Waals surface area contributed by atoms with E-state index in [1.54, 1.807) is 24.1 Å². The van der Waals surface area contributed by atoms with Crippen LogP contribution in [0, 0.1) is 5.82 Å². The maximum atomic E-state index is 13.7. The Bertz CT molecular complexity index is 1000. The summed E-state index contributed by atoms with van der Waals surface area (Å²) in [5, 5.41) is 5.56. The van der Waals surface area contributed by atoms with Crippen molar-refractivity contribution in [1.82, 2.24) is 20.0 Å². The van der Waals surface area contributed by atoms with Gasteiger partial charge in [0.1, 0.15) is 5.82 Å². The smallest absolute Gasteiger partial charge is 0.254 e. The maximum absolute atomic E-state index is 13.7. The molecule has 33 heavy (non-hydrogen) atoms. The molecule has 0 saturated heterocycles. The average molecular weight is 474 g/mol. The predicted octanol–water partition coefficient (Wildman–Crippen LogP) is 3.34. The quantitative estimate of drug-likeness (QED) is 0.627. The first-order valence-corrected chi connectivity index (χ1v) is 11.9. The van der Waals surface area contributed by atoms with Crippen LogP contribution in [-0.2, 0) is 9.59 Å². The van der Waals surface area contributed by atoms with Crippen LogP contribution in [0.25, 0.3) is 0 Å². The number of fused-ring (bicyclic) bond motifs is 1. The summed E-state index contributed by atoms with van der Waals surface area (Å²) < 4.78 is 13.7. The Labute approximate surface area is 199 Å². The number of hydrogen-bond acceptors (Lipinski definition) is 6. The number of carbonyl (C=O) groups is 2. The van der Waals surface area contributed by atoms with Crippen LogP contribution >= 0.6 is 11.8 Å². The maximum Gasteiger partial charge on any atom is 0.254 e. The second-order valence-corrected chi connectivity index (χ2v) is 9.62. The van der Waals surface area contributed by atoms with Crippen molar-refractivity contribution in [2.24, 2.45) is 4.99 Å². The zero-order valence-electron chi connectivity index (χ0n) is 20.1. The number of amidine groups is 1.